The fourth-order valence-electron chi connectivity index (χ4n) is 1.31. The van der Waals surface area contributed by atoms with Crippen molar-refractivity contribution in [2.75, 3.05) is 13.2 Å². The lowest BCUT2D eigenvalue weighted by Gasteiger charge is -2.10. The fourth-order valence-corrected chi connectivity index (χ4v) is 4.26. The molecule has 0 spiro atoms. The summed E-state index contributed by atoms with van der Waals surface area (Å²) in [5, 5.41) is 0. The summed E-state index contributed by atoms with van der Waals surface area (Å²) in [6.07, 6.45) is -0.0708. The van der Waals surface area contributed by atoms with Crippen molar-refractivity contribution in [1.29, 1.82) is 0 Å². The van der Waals surface area contributed by atoms with E-state index in [-0.39, 0.29) is 13.0 Å². The van der Waals surface area contributed by atoms with Crippen LogP contribution in [0.25, 0.3) is 0 Å². The minimum atomic E-state index is -5.36. The van der Waals surface area contributed by atoms with Crippen LogP contribution in [0.1, 0.15) is 16.8 Å². The highest BCUT2D eigenvalue weighted by Crippen LogP contribution is 2.23. The Hall–Kier alpha value is 0.580. The van der Waals surface area contributed by atoms with E-state index in [2.05, 4.69) is 22.6 Å². The third kappa shape index (κ3) is 6.43. The highest BCUT2D eigenvalue weighted by atomic mass is 127. The maximum Gasteiger partial charge on any atom is 0.511 e. The topological polar surface area (TPSA) is 72.5 Å². The number of benzene rings is 1. The molecule has 0 heterocycles. The van der Waals surface area contributed by atoms with Gasteiger partial charge in [-0.05, 0) is 86.3 Å². The summed E-state index contributed by atoms with van der Waals surface area (Å²) in [4.78, 5) is 11.9. The Kier molecular flexibility index (Phi) is 8.27. The number of carbonyl (C=O) groups excluding carboxylic acids is 1. The van der Waals surface area contributed by atoms with Gasteiger partial charge >= 0.3 is 21.5 Å². The summed E-state index contributed by atoms with van der Waals surface area (Å²) in [5.41, 5.74) is -4.99. The number of esters is 1. The first kappa shape index (κ1) is 21.6. The lowest BCUT2D eigenvalue weighted by Crippen LogP contribution is -2.37. The minimum Gasteiger partial charge on any atom is -0.462 e. The van der Waals surface area contributed by atoms with Gasteiger partial charge in [-0.15, -0.1) is 0 Å². The average Bonchev–Trinajstić information content (AvgIpc) is 2.40. The van der Waals surface area contributed by atoms with Crippen LogP contribution in [-0.2, 0) is 14.8 Å². The van der Waals surface area contributed by atoms with Crippen LogP contribution in [0, 0.1) is 10.7 Å². The second kappa shape index (κ2) is 8.79. The van der Waals surface area contributed by atoms with Crippen LogP contribution in [0.4, 0.5) is 13.2 Å². The molecule has 0 fully saturated rings. The first-order valence-electron chi connectivity index (χ1n) is 5.83. The van der Waals surface area contributed by atoms with Gasteiger partial charge in [0.1, 0.15) is 0 Å². The van der Waals surface area contributed by atoms with Crippen LogP contribution in [0.3, 0.4) is 0 Å². The molecule has 1 rings (SSSR count). The normalized spacial score (nSPS) is 12.3. The SMILES string of the molecule is O=C(OCCCNS(=O)(=O)C(F)(F)F)c1cc(I)cc(I)c1I. The molecule has 0 aromatic heterocycles. The smallest absolute Gasteiger partial charge is 0.462 e. The van der Waals surface area contributed by atoms with Gasteiger partial charge in [-0.25, -0.2) is 17.9 Å². The Morgan fingerprint density at radius 1 is 1.22 bits per heavy atom. The summed E-state index contributed by atoms with van der Waals surface area (Å²) in [7, 11) is -5.36. The van der Waals surface area contributed by atoms with Gasteiger partial charge in [-0.2, -0.15) is 13.2 Å². The van der Waals surface area contributed by atoms with Crippen molar-refractivity contribution in [3.8, 4) is 0 Å². The average molecular weight is 689 g/mol. The number of hydrogen-bond donors (Lipinski definition) is 1. The minimum absolute atomic E-state index is 0.0708. The van der Waals surface area contributed by atoms with E-state index in [1.54, 1.807) is 6.07 Å². The number of halogens is 6. The lowest BCUT2D eigenvalue weighted by molar-refractivity contribution is -0.0448. The molecule has 0 bridgehead atoms. The number of ether oxygens (including phenoxy) is 1. The maximum absolute atomic E-state index is 12.1. The first-order valence-corrected chi connectivity index (χ1v) is 10.6. The van der Waals surface area contributed by atoms with E-state index in [0.717, 1.165) is 7.14 Å². The van der Waals surface area contributed by atoms with Crippen molar-refractivity contribution in [2.45, 2.75) is 11.9 Å². The third-order valence-corrected chi connectivity index (χ3v) is 7.23. The van der Waals surface area contributed by atoms with Crippen molar-refractivity contribution >= 4 is 83.8 Å². The molecule has 23 heavy (non-hydrogen) atoms. The van der Waals surface area contributed by atoms with Crippen molar-refractivity contribution < 1.29 is 31.1 Å². The second-order valence-corrected chi connectivity index (χ2v) is 9.33. The van der Waals surface area contributed by atoms with Crippen molar-refractivity contribution in [2.24, 2.45) is 0 Å². The van der Waals surface area contributed by atoms with Crippen LogP contribution in [-0.4, -0.2) is 33.0 Å². The number of sulfonamides is 1. The van der Waals surface area contributed by atoms with Crippen molar-refractivity contribution in [1.82, 2.24) is 4.72 Å². The zero-order chi connectivity index (χ0) is 17.8. The van der Waals surface area contributed by atoms with Crippen LogP contribution >= 0.6 is 67.8 Å². The van der Waals surface area contributed by atoms with E-state index in [1.807, 2.05) is 51.2 Å². The molecule has 5 nitrogen and oxygen atoms in total. The van der Waals surface area contributed by atoms with Gasteiger partial charge in [0, 0.05) is 17.3 Å². The largest absolute Gasteiger partial charge is 0.511 e. The van der Waals surface area contributed by atoms with Gasteiger partial charge in [0.05, 0.1) is 12.2 Å². The molecule has 130 valence electrons. The van der Waals surface area contributed by atoms with Gasteiger partial charge in [0.2, 0.25) is 0 Å². The molecule has 0 saturated heterocycles. The maximum atomic E-state index is 12.1. The van der Waals surface area contributed by atoms with E-state index in [4.69, 9.17) is 4.74 Å². The summed E-state index contributed by atoms with van der Waals surface area (Å²) >= 11 is 6.12. The molecule has 0 unspecified atom stereocenters. The molecule has 0 atom stereocenters. The van der Waals surface area contributed by atoms with Gasteiger partial charge in [0.15, 0.2) is 0 Å². The molecular formula is C11H9F3I3NO4S. The number of nitrogens with one attached hydrogen (secondary N) is 1. The second-order valence-electron chi connectivity index (χ2n) is 4.08. The molecule has 0 amide bonds. The molecule has 0 radical (unpaired) electrons. The molecule has 0 saturated carbocycles. The fraction of sp³-hybridized carbons (Fsp3) is 0.364. The summed E-state index contributed by atoms with van der Waals surface area (Å²) < 4.78 is 66.5. The molecule has 12 heteroatoms. The Labute approximate surface area is 171 Å². The van der Waals surface area contributed by atoms with E-state index >= 15 is 0 Å². The Bertz CT molecular complexity index is 694. The first-order chi connectivity index (χ1) is 10.5. The van der Waals surface area contributed by atoms with Crippen molar-refractivity contribution in [3.63, 3.8) is 0 Å². The molecule has 1 aromatic rings. The van der Waals surface area contributed by atoms with Crippen LogP contribution in [0.15, 0.2) is 12.1 Å². The van der Waals surface area contributed by atoms with Crippen LogP contribution in [0.2, 0.25) is 0 Å². The number of carbonyl (C=O) groups is 1. The van der Waals surface area contributed by atoms with E-state index in [1.165, 1.54) is 4.72 Å². The number of hydrogen-bond acceptors (Lipinski definition) is 4. The molecule has 1 N–H and O–H groups in total. The van der Waals surface area contributed by atoms with Crippen molar-refractivity contribution in [3.05, 3.63) is 28.4 Å². The zero-order valence-electron chi connectivity index (χ0n) is 11.1. The Morgan fingerprint density at radius 3 is 2.39 bits per heavy atom. The van der Waals surface area contributed by atoms with Gasteiger partial charge < -0.3 is 4.74 Å². The quantitative estimate of drug-likeness (QED) is 0.215. The van der Waals surface area contributed by atoms with Gasteiger partial charge in [0.25, 0.3) is 0 Å². The third-order valence-electron chi connectivity index (χ3n) is 2.36. The predicted octanol–water partition coefficient (Wildman–Crippen LogP) is 3.49. The van der Waals surface area contributed by atoms with Crippen LogP contribution in [0.5, 0.6) is 0 Å². The van der Waals surface area contributed by atoms with Crippen LogP contribution < -0.4 is 4.72 Å². The summed E-state index contributed by atoms with van der Waals surface area (Å²) in [5.74, 6) is -0.607. The monoisotopic (exact) mass is 689 g/mol. The number of alkyl halides is 3. The van der Waals surface area contributed by atoms with E-state index in [9.17, 15) is 26.4 Å². The summed E-state index contributed by atoms with van der Waals surface area (Å²) in [6.45, 7) is -0.673. The standard InChI is InChI=1S/C11H9F3I3NO4S/c12-11(13,14)23(20,21)18-2-1-3-22-10(19)7-4-6(15)5-8(16)9(7)17/h4-5,18H,1-3H2. The van der Waals surface area contributed by atoms with Gasteiger partial charge in [-0.3, -0.25) is 0 Å². The molecule has 0 aliphatic carbocycles. The summed E-state index contributed by atoms with van der Waals surface area (Å²) in [6, 6.07) is 3.52. The zero-order valence-corrected chi connectivity index (χ0v) is 18.4. The highest BCUT2D eigenvalue weighted by molar-refractivity contribution is 14.1. The van der Waals surface area contributed by atoms with E-state index in [0.29, 0.717) is 9.13 Å². The van der Waals surface area contributed by atoms with Gasteiger partial charge in [-0.1, -0.05) is 0 Å². The Balaban J connectivity index is 2.50. The molecule has 0 aliphatic heterocycles. The molecular weight excluding hydrogens is 680 g/mol. The Morgan fingerprint density at radius 2 is 1.83 bits per heavy atom. The molecule has 1 aromatic carbocycles. The number of rotatable bonds is 6. The molecule has 0 aliphatic rings. The van der Waals surface area contributed by atoms with E-state index < -0.39 is 28.0 Å². The predicted molar refractivity (Wildman–Crippen MR) is 102 cm³/mol. The highest BCUT2D eigenvalue weighted by Gasteiger charge is 2.45. The lowest BCUT2D eigenvalue weighted by atomic mass is 10.2.